The van der Waals surface area contributed by atoms with Crippen molar-refractivity contribution in [3.05, 3.63) is 89.0 Å². The molecule has 8 nitrogen and oxygen atoms in total. The van der Waals surface area contributed by atoms with E-state index in [0.29, 0.717) is 12.0 Å². The summed E-state index contributed by atoms with van der Waals surface area (Å²) >= 11 is 0. The fourth-order valence-electron chi connectivity index (χ4n) is 3.23. The van der Waals surface area contributed by atoms with E-state index < -0.39 is 35.7 Å². The number of hydrogen-bond donors (Lipinski definition) is 1. The number of alkyl halides is 6. The van der Waals surface area contributed by atoms with Crippen LogP contribution >= 0.6 is 0 Å². The second-order valence-electron chi connectivity index (χ2n) is 8.11. The van der Waals surface area contributed by atoms with Crippen LogP contribution in [0.2, 0.25) is 0 Å². The smallest absolute Gasteiger partial charge is 0.493 e. The van der Waals surface area contributed by atoms with Gasteiger partial charge in [0.25, 0.3) is 5.91 Å². The highest BCUT2D eigenvalue weighted by Gasteiger charge is 2.31. The topological polar surface area (TPSA) is 95.5 Å². The van der Waals surface area contributed by atoms with E-state index in [2.05, 4.69) is 15.2 Å². The number of benzene rings is 3. The number of ether oxygens (including phenoxy) is 3. The number of carbonyl (C=O) groups is 2. The molecular formula is C27H22F6N2O6. The largest absolute Gasteiger partial charge is 0.573 e. The lowest BCUT2D eigenvalue weighted by Gasteiger charge is -2.13. The van der Waals surface area contributed by atoms with E-state index >= 15 is 0 Å². The molecule has 0 bridgehead atoms. The number of nitrogens with one attached hydrogen (secondary N) is 1. The van der Waals surface area contributed by atoms with Gasteiger partial charge in [-0.05, 0) is 54.1 Å². The molecule has 41 heavy (non-hydrogen) atoms. The van der Waals surface area contributed by atoms with Crippen molar-refractivity contribution in [1.29, 1.82) is 0 Å². The van der Waals surface area contributed by atoms with Crippen LogP contribution in [0, 0.1) is 0 Å². The monoisotopic (exact) mass is 584 g/mol. The predicted molar refractivity (Wildman–Crippen MR) is 134 cm³/mol. The Balaban J connectivity index is 1.54. The number of nitrogens with zero attached hydrogens (tertiary/aromatic N) is 1. The van der Waals surface area contributed by atoms with Crippen LogP contribution in [0.1, 0.15) is 38.3 Å². The zero-order valence-corrected chi connectivity index (χ0v) is 21.2. The van der Waals surface area contributed by atoms with Crippen LogP contribution in [0.4, 0.5) is 32.0 Å². The van der Waals surface area contributed by atoms with Crippen molar-refractivity contribution in [2.45, 2.75) is 19.0 Å². The molecule has 0 heterocycles. The van der Waals surface area contributed by atoms with Crippen molar-refractivity contribution in [1.82, 2.24) is 0 Å². The summed E-state index contributed by atoms with van der Waals surface area (Å²) in [6, 6.07) is 12.8. The van der Waals surface area contributed by atoms with Gasteiger partial charge in [0.15, 0.2) is 0 Å². The fraction of sp³-hybridized carbons (Fsp3) is 0.222. The SMILES string of the molecule is COC(=O)c1ccc(OCCCO/N=C\c2ccc(C(F)(F)F)cc2)cc1NC(=O)c1ccc(OC(F)(F)F)cc1. The van der Waals surface area contributed by atoms with Crippen molar-refractivity contribution in [3.63, 3.8) is 0 Å². The van der Waals surface area contributed by atoms with E-state index in [1.165, 1.54) is 36.5 Å². The molecule has 0 unspecified atom stereocenters. The maximum absolute atomic E-state index is 12.7. The molecule has 0 atom stereocenters. The summed E-state index contributed by atoms with van der Waals surface area (Å²) in [6.07, 6.45) is -7.69. The fourth-order valence-corrected chi connectivity index (χ4v) is 3.23. The van der Waals surface area contributed by atoms with Crippen LogP contribution in [-0.2, 0) is 15.8 Å². The Morgan fingerprint density at radius 2 is 1.54 bits per heavy atom. The van der Waals surface area contributed by atoms with Gasteiger partial charge in [0.05, 0.1) is 36.7 Å². The Labute approximate surface area is 229 Å². The maximum atomic E-state index is 12.7. The molecule has 0 spiro atoms. The lowest BCUT2D eigenvalue weighted by atomic mass is 10.1. The van der Waals surface area contributed by atoms with E-state index in [1.807, 2.05) is 0 Å². The Hall–Kier alpha value is -4.75. The molecule has 1 amide bonds. The Kier molecular flexibility index (Phi) is 10.2. The lowest BCUT2D eigenvalue weighted by molar-refractivity contribution is -0.274. The number of amides is 1. The van der Waals surface area contributed by atoms with Gasteiger partial charge in [-0.25, -0.2) is 4.79 Å². The minimum Gasteiger partial charge on any atom is -0.493 e. The summed E-state index contributed by atoms with van der Waals surface area (Å²) < 4.78 is 89.0. The van der Waals surface area contributed by atoms with Crippen LogP contribution in [0.5, 0.6) is 11.5 Å². The Bertz CT molecular complexity index is 1360. The Morgan fingerprint density at radius 1 is 0.878 bits per heavy atom. The second-order valence-corrected chi connectivity index (χ2v) is 8.11. The maximum Gasteiger partial charge on any atom is 0.573 e. The highest BCUT2D eigenvalue weighted by atomic mass is 19.4. The number of rotatable bonds is 11. The van der Waals surface area contributed by atoms with Crippen LogP contribution in [0.3, 0.4) is 0 Å². The van der Waals surface area contributed by atoms with Gasteiger partial charge < -0.3 is 24.4 Å². The number of carbonyl (C=O) groups excluding carboxylic acids is 2. The summed E-state index contributed by atoms with van der Waals surface area (Å²) in [4.78, 5) is 29.9. The molecule has 0 radical (unpaired) electrons. The van der Waals surface area contributed by atoms with Crippen molar-refractivity contribution < 1.29 is 55.0 Å². The molecule has 0 aliphatic heterocycles. The van der Waals surface area contributed by atoms with Gasteiger partial charge in [-0.2, -0.15) is 13.2 Å². The first-order valence-corrected chi connectivity index (χ1v) is 11.7. The van der Waals surface area contributed by atoms with Gasteiger partial charge in [-0.15, -0.1) is 13.2 Å². The molecular weight excluding hydrogens is 562 g/mol. The zero-order chi connectivity index (χ0) is 30.0. The molecule has 0 aromatic heterocycles. The van der Waals surface area contributed by atoms with Crippen molar-refractivity contribution in [2.75, 3.05) is 25.6 Å². The number of esters is 1. The molecule has 218 valence electrons. The summed E-state index contributed by atoms with van der Waals surface area (Å²) in [7, 11) is 1.15. The van der Waals surface area contributed by atoms with E-state index in [-0.39, 0.29) is 35.8 Å². The minimum absolute atomic E-state index is 0.00402. The standard InChI is InChI=1S/C27H22F6N2O6/c1-38-25(37)22-12-11-21(15-23(22)35-24(36)18-5-9-20(10-6-18)41-27(31,32)33)39-13-2-14-40-34-16-17-3-7-19(8-4-17)26(28,29)30/h3-12,15-16H,2,13-14H2,1H3,(H,35,36)/b34-16-. The first-order valence-electron chi connectivity index (χ1n) is 11.7. The highest BCUT2D eigenvalue weighted by molar-refractivity contribution is 6.08. The number of methoxy groups -OCH3 is 1. The zero-order valence-electron chi connectivity index (χ0n) is 21.2. The van der Waals surface area contributed by atoms with Gasteiger partial charge in [0.1, 0.15) is 18.1 Å². The molecule has 0 saturated carbocycles. The number of halogens is 6. The Morgan fingerprint density at radius 3 is 2.15 bits per heavy atom. The summed E-state index contributed by atoms with van der Waals surface area (Å²) in [5.74, 6) is -1.70. The third-order valence-electron chi connectivity index (χ3n) is 5.16. The van der Waals surface area contributed by atoms with Gasteiger partial charge in [0.2, 0.25) is 0 Å². The quantitative estimate of drug-likeness (QED) is 0.0914. The highest BCUT2D eigenvalue weighted by Crippen LogP contribution is 2.29. The molecule has 0 aliphatic rings. The first kappa shape index (κ1) is 30.8. The number of oxime groups is 1. The molecule has 3 aromatic carbocycles. The summed E-state index contributed by atoms with van der Waals surface area (Å²) in [5.41, 5.74) is -0.321. The number of hydrogen-bond acceptors (Lipinski definition) is 7. The first-order chi connectivity index (χ1) is 19.4. The summed E-state index contributed by atoms with van der Waals surface area (Å²) in [5, 5.41) is 6.20. The molecule has 0 fully saturated rings. The van der Waals surface area contributed by atoms with Gasteiger partial charge in [-0.3, -0.25) is 4.79 Å². The number of anilines is 1. The average molecular weight is 584 g/mol. The normalized spacial score (nSPS) is 11.7. The molecule has 14 heteroatoms. The third kappa shape index (κ3) is 9.74. The van der Waals surface area contributed by atoms with Gasteiger partial charge in [0, 0.05) is 18.1 Å². The van der Waals surface area contributed by atoms with Crippen LogP contribution in [0.25, 0.3) is 0 Å². The molecule has 0 aliphatic carbocycles. The molecule has 1 N–H and O–H groups in total. The molecule has 0 saturated heterocycles. The summed E-state index contributed by atoms with van der Waals surface area (Å²) in [6.45, 7) is 0.260. The van der Waals surface area contributed by atoms with E-state index in [1.54, 1.807) is 0 Å². The van der Waals surface area contributed by atoms with Crippen molar-refractivity contribution in [3.8, 4) is 11.5 Å². The predicted octanol–water partition coefficient (Wildman–Crippen LogP) is 6.46. The van der Waals surface area contributed by atoms with Crippen LogP contribution in [-0.4, -0.2) is 44.8 Å². The molecule has 3 aromatic rings. The average Bonchev–Trinajstić information content (AvgIpc) is 2.91. The second kappa shape index (κ2) is 13.5. The van der Waals surface area contributed by atoms with Gasteiger partial charge in [-0.1, -0.05) is 17.3 Å². The van der Waals surface area contributed by atoms with Crippen LogP contribution in [0.15, 0.2) is 71.9 Å². The van der Waals surface area contributed by atoms with Crippen LogP contribution < -0.4 is 14.8 Å². The third-order valence-corrected chi connectivity index (χ3v) is 5.16. The minimum atomic E-state index is -4.88. The lowest BCUT2D eigenvalue weighted by Crippen LogP contribution is -2.18. The van der Waals surface area contributed by atoms with E-state index in [4.69, 9.17) is 14.3 Å². The van der Waals surface area contributed by atoms with E-state index in [9.17, 15) is 35.9 Å². The van der Waals surface area contributed by atoms with Crippen molar-refractivity contribution in [2.24, 2.45) is 5.16 Å². The van der Waals surface area contributed by atoms with E-state index in [0.717, 1.165) is 43.5 Å². The van der Waals surface area contributed by atoms with Crippen molar-refractivity contribution >= 4 is 23.8 Å². The molecule has 3 rings (SSSR count). The van der Waals surface area contributed by atoms with Gasteiger partial charge >= 0.3 is 18.5 Å².